The van der Waals surface area contributed by atoms with Crippen molar-refractivity contribution in [3.63, 3.8) is 0 Å². The standard InChI is InChI=1S/C22H18ClN3OS2/c1-15-21(20-6-3-11-28-20)25-22(29-15)26-24-13-17-4-2-5-19(12-17)27-14-16-7-9-18(23)10-8-16/h2-13H,14H2,1H3,(H,25,26)/b24-13-. The molecule has 0 spiro atoms. The van der Waals surface area contributed by atoms with Crippen molar-refractivity contribution in [2.75, 3.05) is 5.43 Å². The summed E-state index contributed by atoms with van der Waals surface area (Å²) in [6.45, 7) is 2.56. The maximum Gasteiger partial charge on any atom is 0.204 e. The van der Waals surface area contributed by atoms with Gasteiger partial charge in [-0.1, -0.05) is 41.9 Å². The molecule has 0 amide bonds. The Labute approximate surface area is 182 Å². The van der Waals surface area contributed by atoms with Crippen LogP contribution in [0.2, 0.25) is 5.02 Å². The molecule has 0 atom stereocenters. The second kappa shape index (κ2) is 9.22. The van der Waals surface area contributed by atoms with E-state index in [-0.39, 0.29) is 0 Å². The molecule has 0 saturated heterocycles. The first kappa shape index (κ1) is 19.6. The summed E-state index contributed by atoms with van der Waals surface area (Å²) in [6.07, 6.45) is 1.76. The molecular formula is C22H18ClN3OS2. The lowest BCUT2D eigenvalue weighted by molar-refractivity contribution is 0.306. The summed E-state index contributed by atoms with van der Waals surface area (Å²) in [5.74, 6) is 0.786. The van der Waals surface area contributed by atoms with Crippen molar-refractivity contribution in [2.45, 2.75) is 13.5 Å². The van der Waals surface area contributed by atoms with Gasteiger partial charge in [0.25, 0.3) is 0 Å². The lowest BCUT2D eigenvalue weighted by Gasteiger charge is -2.07. The second-order valence-corrected chi connectivity index (χ2v) is 8.85. The average Bonchev–Trinajstić information content (AvgIpc) is 3.37. The molecule has 0 saturated carbocycles. The number of anilines is 1. The number of thiophene rings is 1. The molecule has 2 aromatic carbocycles. The summed E-state index contributed by atoms with van der Waals surface area (Å²) in [5, 5.41) is 7.87. The van der Waals surface area contributed by atoms with Crippen molar-refractivity contribution in [1.29, 1.82) is 0 Å². The normalized spacial score (nSPS) is 11.1. The maximum atomic E-state index is 5.91. The van der Waals surface area contributed by atoms with Crippen LogP contribution in [0.15, 0.2) is 71.1 Å². The summed E-state index contributed by atoms with van der Waals surface area (Å²) >= 11 is 9.19. The van der Waals surface area contributed by atoms with E-state index in [1.807, 2.05) is 54.6 Å². The molecule has 0 aliphatic carbocycles. The third-order valence-corrected chi connectivity index (χ3v) is 6.11. The van der Waals surface area contributed by atoms with Gasteiger partial charge in [0, 0.05) is 9.90 Å². The van der Waals surface area contributed by atoms with Gasteiger partial charge in [-0.15, -0.1) is 22.7 Å². The third kappa shape index (κ3) is 5.23. The highest BCUT2D eigenvalue weighted by atomic mass is 35.5. The average molecular weight is 440 g/mol. The molecule has 0 unspecified atom stereocenters. The van der Waals surface area contributed by atoms with Crippen LogP contribution in [0.1, 0.15) is 16.0 Å². The fourth-order valence-corrected chi connectivity index (χ4v) is 4.42. The van der Waals surface area contributed by atoms with Crippen molar-refractivity contribution < 1.29 is 4.74 Å². The molecule has 2 aromatic heterocycles. The quantitative estimate of drug-likeness (QED) is 0.253. The molecule has 0 bridgehead atoms. The number of benzene rings is 2. The van der Waals surface area contributed by atoms with Gasteiger partial charge in [0.15, 0.2) is 0 Å². The summed E-state index contributed by atoms with van der Waals surface area (Å²) in [6, 6.07) is 19.5. The Morgan fingerprint density at radius 3 is 2.79 bits per heavy atom. The Balaban J connectivity index is 1.37. The zero-order valence-corrected chi connectivity index (χ0v) is 18.0. The molecule has 4 rings (SSSR count). The van der Waals surface area contributed by atoms with E-state index in [4.69, 9.17) is 16.3 Å². The largest absolute Gasteiger partial charge is 0.489 e. The molecule has 2 heterocycles. The highest BCUT2D eigenvalue weighted by Crippen LogP contribution is 2.32. The highest BCUT2D eigenvalue weighted by Gasteiger charge is 2.09. The zero-order chi connectivity index (χ0) is 20.1. The second-order valence-electron chi connectivity index (χ2n) is 6.26. The van der Waals surface area contributed by atoms with Gasteiger partial charge in [-0.05, 0) is 53.8 Å². The molecule has 0 aliphatic rings. The van der Waals surface area contributed by atoms with E-state index in [1.54, 1.807) is 28.9 Å². The molecule has 4 nitrogen and oxygen atoms in total. The number of hydrogen-bond acceptors (Lipinski definition) is 6. The Kier molecular flexibility index (Phi) is 6.24. The fraction of sp³-hybridized carbons (Fsp3) is 0.0909. The van der Waals surface area contributed by atoms with Crippen molar-refractivity contribution in [1.82, 2.24) is 4.98 Å². The van der Waals surface area contributed by atoms with Crippen molar-refractivity contribution in [3.8, 4) is 16.3 Å². The lowest BCUT2D eigenvalue weighted by atomic mass is 10.2. The predicted molar refractivity (Wildman–Crippen MR) is 124 cm³/mol. The van der Waals surface area contributed by atoms with Crippen LogP contribution < -0.4 is 10.2 Å². The van der Waals surface area contributed by atoms with E-state index < -0.39 is 0 Å². The van der Waals surface area contributed by atoms with Crippen LogP contribution in [0, 0.1) is 6.92 Å². The first-order chi connectivity index (χ1) is 14.2. The van der Waals surface area contributed by atoms with E-state index in [0.717, 1.165) is 32.7 Å². The van der Waals surface area contributed by atoms with Gasteiger partial charge in [-0.2, -0.15) is 5.10 Å². The SMILES string of the molecule is Cc1sc(N/N=C\c2cccc(OCc3ccc(Cl)cc3)c2)nc1-c1cccs1. The molecule has 4 aromatic rings. The molecule has 0 fully saturated rings. The minimum Gasteiger partial charge on any atom is -0.489 e. The van der Waals surface area contributed by atoms with Crippen LogP contribution in [0.3, 0.4) is 0 Å². The van der Waals surface area contributed by atoms with Crippen LogP contribution in [0.5, 0.6) is 5.75 Å². The van der Waals surface area contributed by atoms with Gasteiger partial charge in [-0.3, -0.25) is 5.43 Å². The first-order valence-corrected chi connectivity index (χ1v) is 11.0. The minimum atomic E-state index is 0.486. The van der Waals surface area contributed by atoms with E-state index in [9.17, 15) is 0 Å². The summed E-state index contributed by atoms with van der Waals surface area (Å²) in [4.78, 5) is 6.98. The van der Waals surface area contributed by atoms with Crippen molar-refractivity contribution in [2.24, 2.45) is 5.10 Å². The summed E-state index contributed by atoms with van der Waals surface area (Å²) in [5.41, 5.74) is 6.05. The topological polar surface area (TPSA) is 46.5 Å². The monoisotopic (exact) mass is 439 g/mol. The van der Waals surface area contributed by atoms with E-state index in [0.29, 0.717) is 6.61 Å². The lowest BCUT2D eigenvalue weighted by Crippen LogP contribution is -1.96. The van der Waals surface area contributed by atoms with Crippen molar-refractivity contribution in [3.05, 3.63) is 87.1 Å². The minimum absolute atomic E-state index is 0.486. The Bertz CT molecular complexity index is 1110. The summed E-state index contributed by atoms with van der Waals surface area (Å²) < 4.78 is 5.86. The summed E-state index contributed by atoms with van der Waals surface area (Å²) in [7, 11) is 0. The van der Waals surface area contributed by atoms with E-state index in [2.05, 4.69) is 33.9 Å². The molecular weight excluding hydrogens is 422 g/mol. The predicted octanol–water partition coefficient (Wildman–Crippen LogP) is 6.86. The number of ether oxygens (including phenoxy) is 1. The van der Waals surface area contributed by atoms with Gasteiger partial charge >= 0.3 is 0 Å². The number of hydrogen-bond donors (Lipinski definition) is 1. The van der Waals surface area contributed by atoms with Gasteiger partial charge < -0.3 is 4.74 Å². The van der Waals surface area contributed by atoms with Gasteiger partial charge in [0.1, 0.15) is 12.4 Å². The number of nitrogens with zero attached hydrogens (tertiary/aromatic N) is 2. The Morgan fingerprint density at radius 2 is 2.00 bits per heavy atom. The van der Waals surface area contributed by atoms with Crippen LogP contribution in [-0.4, -0.2) is 11.2 Å². The van der Waals surface area contributed by atoms with E-state index >= 15 is 0 Å². The smallest absolute Gasteiger partial charge is 0.204 e. The Morgan fingerprint density at radius 1 is 1.14 bits per heavy atom. The maximum absolute atomic E-state index is 5.91. The number of nitrogens with one attached hydrogen (secondary N) is 1. The number of halogens is 1. The highest BCUT2D eigenvalue weighted by molar-refractivity contribution is 7.17. The van der Waals surface area contributed by atoms with Gasteiger partial charge in [0.05, 0.1) is 16.8 Å². The molecule has 0 aliphatic heterocycles. The third-order valence-electron chi connectivity index (χ3n) is 4.10. The molecule has 1 N–H and O–H groups in total. The van der Waals surface area contributed by atoms with Gasteiger partial charge in [-0.25, -0.2) is 4.98 Å². The number of thiazole rings is 1. The zero-order valence-electron chi connectivity index (χ0n) is 15.6. The van der Waals surface area contributed by atoms with Crippen LogP contribution in [0.4, 0.5) is 5.13 Å². The fourth-order valence-electron chi connectivity index (χ4n) is 2.68. The molecule has 146 valence electrons. The van der Waals surface area contributed by atoms with Crippen LogP contribution in [0.25, 0.3) is 10.6 Å². The Hall–Kier alpha value is -2.67. The van der Waals surface area contributed by atoms with E-state index in [1.165, 1.54) is 9.75 Å². The van der Waals surface area contributed by atoms with Crippen LogP contribution >= 0.6 is 34.3 Å². The molecule has 29 heavy (non-hydrogen) atoms. The van der Waals surface area contributed by atoms with Crippen molar-refractivity contribution >= 4 is 45.6 Å². The van der Waals surface area contributed by atoms with Gasteiger partial charge in [0.2, 0.25) is 5.13 Å². The number of aromatic nitrogens is 1. The van der Waals surface area contributed by atoms with Crippen LogP contribution in [-0.2, 0) is 6.61 Å². The molecule has 7 heteroatoms. The number of rotatable bonds is 7. The molecule has 0 radical (unpaired) electrons. The number of hydrazone groups is 1. The first-order valence-electron chi connectivity index (χ1n) is 8.95. The number of aryl methyl sites for hydroxylation is 1.